The van der Waals surface area contributed by atoms with E-state index in [9.17, 15) is 18.0 Å². The maximum absolute atomic E-state index is 13.4. The van der Waals surface area contributed by atoms with Gasteiger partial charge >= 0.3 is 6.09 Å². The SMILES string of the molecule is COc1c(NC(=O)c2ccc(C)c(-n3cc(OC(=O)NC4CC4)nn3)c2)cc(C(C)(C)C)cc1NS(C)(=O)=O. The van der Waals surface area contributed by atoms with Crippen LogP contribution in [0, 0.1) is 6.92 Å². The number of nitrogens with zero attached hydrogens (tertiary/aromatic N) is 3. The fraction of sp³-hybridized carbons (Fsp3) is 0.385. The average Bonchev–Trinajstić information content (AvgIpc) is 3.52. The van der Waals surface area contributed by atoms with Crippen molar-refractivity contribution in [2.24, 2.45) is 0 Å². The maximum atomic E-state index is 13.4. The molecule has 3 aromatic rings. The Morgan fingerprint density at radius 2 is 1.79 bits per heavy atom. The van der Waals surface area contributed by atoms with Crippen LogP contribution in [0.1, 0.15) is 55.1 Å². The van der Waals surface area contributed by atoms with Gasteiger partial charge in [0.2, 0.25) is 10.0 Å². The van der Waals surface area contributed by atoms with E-state index in [1.54, 1.807) is 30.3 Å². The van der Waals surface area contributed by atoms with Crippen LogP contribution in [-0.4, -0.2) is 54.8 Å². The topological polar surface area (TPSA) is 154 Å². The first-order valence-corrected chi connectivity index (χ1v) is 14.2. The molecule has 2 amide bonds. The van der Waals surface area contributed by atoms with Gasteiger partial charge in [0.25, 0.3) is 11.8 Å². The number of anilines is 2. The fourth-order valence-electron chi connectivity index (χ4n) is 3.77. The standard InChI is InChI=1S/C26H32N6O6S/c1-15-7-8-16(11-21(15)32-14-22(29-31-32)38-25(34)27-18-9-10-18)24(33)28-19-12-17(26(2,3)4)13-20(23(19)37-5)30-39(6,35)36/h7-8,11-14,18,30H,9-10H2,1-6H3,(H,27,34)(H,28,33). The number of nitrogens with one attached hydrogen (secondary N) is 3. The van der Waals surface area contributed by atoms with E-state index in [0.717, 1.165) is 30.2 Å². The Hall–Kier alpha value is -4.13. The molecule has 1 aliphatic carbocycles. The van der Waals surface area contributed by atoms with Crippen molar-refractivity contribution < 1.29 is 27.5 Å². The molecule has 1 aromatic heterocycles. The Morgan fingerprint density at radius 3 is 2.41 bits per heavy atom. The van der Waals surface area contributed by atoms with Gasteiger partial charge < -0.3 is 20.1 Å². The summed E-state index contributed by atoms with van der Waals surface area (Å²) < 4.78 is 38.6. The summed E-state index contributed by atoms with van der Waals surface area (Å²) in [5, 5.41) is 13.5. The van der Waals surface area contributed by atoms with Crippen molar-refractivity contribution in [3.8, 4) is 17.3 Å². The number of benzene rings is 2. The van der Waals surface area contributed by atoms with E-state index in [4.69, 9.17) is 9.47 Å². The molecule has 0 bridgehead atoms. The maximum Gasteiger partial charge on any atom is 0.414 e. The first kappa shape index (κ1) is 27.9. The molecule has 39 heavy (non-hydrogen) atoms. The molecule has 1 heterocycles. The lowest BCUT2D eigenvalue weighted by Gasteiger charge is -2.24. The van der Waals surface area contributed by atoms with E-state index >= 15 is 0 Å². The van der Waals surface area contributed by atoms with Crippen molar-refractivity contribution in [1.29, 1.82) is 0 Å². The number of aromatic nitrogens is 3. The third kappa shape index (κ3) is 7.05. The molecule has 0 radical (unpaired) electrons. The zero-order valence-electron chi connectivity index (χ0n) is 22.7. The van der Waals surface area contributed by atoms with Crippen LogP contribution in [0.2, 0.25) is 0 Å². The van der Waals surface area contributed by atoms with Gasteiger partial charge in [-0.1, -0.05) is 37.1 Å². The summed E-state index contributed by atoms with van der Waals surface area (Å²) >= 11 is 0. The number of hydrogen-bond donors (Lipinski definition) is 3. The van der Waals surface area contributed by atoms with Crippen molar-refractivity contribution in [3.05, 3.63) is 53.2 Å². The molecule has 0 spiro atoms. The molecule has 0 unspecified atom stereocenters. The summed E-state index contributed by atoms with van der Waals surface area (Å²) in [5.41, 5.74) is 2.63. The van der Waals surface area contributed by atoms with Crippen LogP contribution in [0.3, 0.4) is 0 Å². The highest BCUT2D eigenvalue weighted by Gasteiger charge is 2.25. The summed E-state index contributed by atoms with van der Waals surface area (Å²) in [6.45, 7) is 7.77. The molecule has 1 fully saturated rings. The van der Waals surface area contributed by atoms with Gasteiger partial charge in [0.1, 0.15) is 0 Å². The quantitative estimate of drug-likeness (QED) is 0.379. The van der Waals surface area contributed by atoms with E-state index in [0.29, 0.717) is 16.9 Å². The minimum absolute atomic E-state index is 0.0250. The van der Waals surface area contributed by atoms with Crippen LogP contribution in [0.15, 0.2) is 36.5 Å². The van der Waals surface area contributed by atoms with Crippen LogP contribution < -0.4 is 24.8 Å². The molecule has 0 atom stereocenters. The van der Waals surface area contributed by atoms with Crippen LogP contribution in [0.5, 0.6) is 11.6 Å². The predicted octanol–water partition coefficient (Wildman–Crippen LogP) is 3.76. The largest absolute Gasteiger partial charge is 0.492 e. The zero-order chi connectivity index (χ0) is 28.5. The van der Waals surface area contributed by atoms with Gasteiger partial charge in [-0.15, -0.1) is 0 Å². The van der Waals surface area contributed by atoms with Gasteiger partial charge in [-0.2, -0.15) is 0 Å². The average molecular weight is 557 g/mol. The summed E-state index contributed by atoms with van der Waals surface area (Å²) in [5.74, 6) is -0.250. The van der Waals surface area contributed by atoms with Crippen molar-refractivity contribution >= 4 is 33.4 Å². The van der Waals surface area contributed by atoms with E-state index in [2.05, 4.69) is 25.7 Å². The van der Waals surface area contributed by atoms with Gasteiger partial charge in [0.05, 0.1) is 36.6 Å². The number of carbonyl (C=O) groups excluding carboxylic acids is 2. The van der Waals surface area contributed by atoms with Crippen molar-refractivity contribution in [2.75, 3.05) is 23.4 Å². The Kier molecular flexibility index (Phi) is 7.55. The third-order valence-corrected chi connectivity index (χ3v) is 6.58. The minimum Gasteiger partial charge on any atom is -0.492 e. The smallest absolute Gasteiger partial charge is 0.414 e. The summed E-state index contributed by atoms with van der Waals surface area (Å²) in [7, 11) is -2.22. The van der Waals surface area contributed by atoms with Crippen LogP contribution in [0.4, 0.5) is 16.2 Å². The summed E-state index contributed by atoms with van der Waals surface area (Å²) in [6, 6.07) is 8.63. The van der Waals surface area contributed by atoms with Gasteiger partial charge in [-0.05, 0) is 60.6 Å². The second-order valence-corrected chi connectivity index (χ2v) is 12.2. The van der Waals surface area contributed by atoms with Crippen LogP contribution >= 0.6 is 0 Å². The van der Waals surface area contributed by atoms with E-state index < -0.39 is 22.0 Å². The molecular formula is C26H32N6O6S. The summed E-state index contributed by atoms with van der Waals surface area (Å²) in [6.07, 6.45) is 3.76. The second kappa shape index (κ2) is 10.6. The lowest BCUT2D eigenvalue weighted by molar-refractivity contribution is 0.102. The molecule has 1 saturated carbocycles. The van der Waals surface area contributed by atoms with Crippen molar-refractivity contribution in [2.45, 2.75) is 52.0 Å². The number of aryl methyl sites for hydroxylation is 1. The van der Waals surface area contributed by atoms with Gasteiger partial charge in [0.15, 0.2) is 5.75 Å². The Balaban J connectivity index is 1.62. The van der Waals surface area contributed by atoms with Crippen LogP contribution in [-0.2, 0) is 15.4 Å². The van der Waals surface area contributed by atoms with Crippen LogP contribution in [0.25, 0.3) is 5.69 Å². The van der Waals surface area contributed by atoms with Crippen molar-refractivity contribution in [3.63, 3.8) is 0 Å². The monoisotopic (exact) mass is 556 g/mol. The lowest BCUT2D eigenvalue weighted by atomic mass is 9.86. The third-order valence-electron chi connectivity index (χ3n) is 5.99. The fourth-order valence-corrected chi connectivity index (χ4v) is 4.32. The van der Waals surface area contributed by atoms with E-state index in [-0.39, 0.29) is 28.8 Å². The van der Waals surface area contributed by atoms with Gasteiger partial charge in [-0.3, -0.25) is 9.52 Å². The minimum atomic E-state index is -3.61. The predicted molar refractivity (Wildman–Crippen MR) is 146 cm³/mol. The molecule has 3 N–H and O–H groups in total. The highest BCUT2D eigenvalue weighted by Crippen LogP contribution is 2.39. The number of rotatable bonds is 8. The number of hydrogen-bond acceptors (Lipinski definition) is 8. The molecule has 1 aliphatic rings. The highest BCUT2D eigenvalue weighted by atomic mass is 32.2. The molecule has 2 aromatic carbocycles. The van der Waals surface area contributed by atoms with E-state index in [1.807, 2.05) is 27.7 Å². The summed E-state index contributed by atoms with van der Waals surface area (Å²) in [4.78, 5) is 25.3. The normalized spacial score (nSPS) is 13.5. The number of ether oxygens (including phenoxy) is 2. The first-order chi connectivity index (χ1) is 18.2. The number of amides is 2. The first-order valence-electron chi connectivity index (χ1n) is 12.3. The second-order valence-electron chi connectivity index (χ2n) is 10.5. The molecule has 12 nitrogen and oxygen atoms in total. The zero-order valence-corrected chi connectivity index (χ0v) is 23.5. The number of carbonyl (C=O) groups is 2. The number of methoxy groups -OCH3 is 1. The van der Waals surface area contributed by atoms with Gasteiger partial charge in [0, 0.05) is 11.6 Å². The Bertz CT molecular complexity index is 1520. The molecule has 0 saturated heterocycles. The molecular weight excluding hydrogens is 524 g/mol. The molecule has 208 valence electrons. The Morgan fingerprint density at radius 1 is 1.10 bits per heavy atom. The lowest BCUT2D eigenvalue weighted by Crippen LogP contribution is -2.28. The Labute approximate surface area is 227 Å². The highest BCUT2D eigenvalue weighted by molar-refractivity contribution is 7.92. The van der Waals surface area contributed by atoms with Crippen molar-refractivity contribution in [1.82, 2.24) is 20.3 Å². The van der Waals surface area contributed by atoms with E-state index in [1.165, 1.54) is 18.0 Å². The molecule has 13 heteroatoms. The van der Waals surface area contributed by atoms with Gasteiger partial charge in [-0.25, -0.2) is 17.9 Å². The number of sulfonamides is 1. The molecule has 0 aliphatic heterocycles. The molecule has 4 rings (SSSR count).